The molecule has 0 bridgehead atoms. The number of rotatable bonds is 5. The summed E-state index contributed by atoms with van der Waals surface area (Å²) in [4.78, 5) is 7.79. The highest BCUT2D eigenvalue weighted by Crippen LogP contribution is 2.34. The van der Waals surface area contributed by atoms with Crippen molar-refractivity contribution in [1.82, 2.24) is 14.7 Å². The topological polar surface area (TPSA) is 101 Å². The Hall–Kier alpha value is -1.74. The van der Waals surface area contributed by atoms with Crippen molar-refractivity contribution in [2.45, 2.75) is 18.0 Å². The maximum absolute atomic E-state index is 12.6. The maximum atomic E-state index is 12.6. The van der Waals surface area contributed by atoms with Gasteiger partial charge in [0.2, 0.25) is 10.0 Å². The molecule has 0 spiro atoms. The van der Waals surface area contributed by atoms with Gasteiger partial charge in [0.05, 0.1) is 6.54 Å². The van der Waals surface area contributed by atoms with Gasteiger partial charge in [0, 0.05) is 33.9 Å². The monoisotopic (exact) mass is 322 g/mol. The van der Waals surface area contributed by atoms with E-state index in [9.17, 15) is 8.42 Å². The zero-order chi connectivity index (χ0) is 14.9. The van der Waals surface area contributed by atoms with E-state index in [4.69, 9.17) is 5.73 Å². The zero-order valence-corrected chi connectivity index (χ0v) is 12.7. The molecular formula is C13H14N4O2S2. The van der Waals surface area contributed by atoms with Gasteiger partial charge in [-0.2, -0.15) is 0 Å². The van der Waals surface area contributed by atoms with Crippen LogP contribution in [0.1, 0.15) is 10.7 Å². The molecule has 110 valence electrons. The Labute approximate surface area is 126 Å². The van der Waals surface area contributed by atoms with Gasteiger partial charge in [-0.3, -0.25) is 0 Å². The molecule has 2 aromatic heterocycles. The highest BCUT2D eigenvalue weighted by atomic mass is 32.2. The molecule has 0 fully saturated rings. The van der Waals surface area contributed by atoms with Crippen LogP contribution in [0.4, 0.5) is 0 Å². The van der Waals surface area contributed by atoms with E-state index in [0.717, 1.165) is 4.70 Å². The molecule has 3 aromatic rings. The van der Waals surface area contributed by atoms with Crippen LogP contribution in [0.5, 0.6) is 0 Å². The molecular weight excluding hydrogens is 308 g/mol. The second-order valence-corrected chi connectivity index (χ2v) is 7.26. The molecule has 2 heterocycles. The lowest BCUT2D eigenvalue weighted by Crippen LogP contribution is -2.24. The van der Waals surface area contributed by atoms with E-state index in [1.807, 2.05) is 18.2 Å². The molecule has 0 unspecified atom stereocenters. The minimum absolute atomic E-state index is 0.115. The number of fused-ring (bicyclic) bond motifs is 1. The Morgan fingerprint density at radius 2 is 2.14 bits per heavy atom. The lowest BCUT2D eigenvalue weighted by Gasteiger charge is -2.06. The fourth-order valence-electron chi connectivity index (χ4n) is 2.13. The van der Waals surface area contributed by atoms with E-state index in [0.29, 0.717) is 16.1 Å². The van der Waals surface area contributed by atoms with Gasteiger partial charge in [0.15, 0.2) is 0 Å². The number of aromatic amines is 1. The van der Waals surface area contributed by atoms with E-state index in [1.54, 1.807) is 18.5 Å². The third kappa shape index (κ3) is 2.70. The summed E-state index contributed by atoms with van der Waals surface area (Å²) in [7, 11) is -3.64. The van der Waals surface area contributed by atoms with Crippen molar-refractivity contribution in [3.63, 3.8) is 0 Å². The van der Waals surface area contributed by atoms with E-state index in [-0.39, 0.29) is 18.0 Å². The Morgan fingerprint density at radius 1 is 1.33 bits per heavy atom. The first-order valence-electron chi connectivity index (χ1n) is 6.30. The number of nitrogens with two attached hydrogens (primary N) is 1. The highest BCUT2D eigenvalue weighted by molar-refractivity contribution is 7.90. The Kier molecular flexibility index (Phi) is 3.77. The van der Waals surface area contributed by atoms with Crippen molar-refractivity contribution in [2.24, 2.45) is 5.73 Å². The first-order chi connectivity index (χ1) is 10.1. The van der Waals surface area contributed by atoms with Gasteiger partial charge in [-0.15, -0.1) is 11.3 Å². The van der Waals surface area contributed by atoms with Crippen LogP contribution in [0.3, 0.4) is 0 Å². The molecule has 0 aliphatic rings. The quantitative estimate of drug-likeness (QED) is 0.663. The van der Waals surface area contributed by atoms with Crippen LogP contribution in [0.15, 0.2) is 41.6 Å². The number of hydrogen-bond acceptors (Lipinski definition) is 5. The van der Waals surface area contributed by atoms with Crippen molar-refractivity contribution < 1.29 is 8.42 Å². The molecule has 0 radical (unpaired) electrons. The summed E-state index contributed by atoms with van der Waals surface area (Å²) in [5.41, 5.74) is 5.70. The summed E-state index contributed by atoms with van der Waals surface area (Å²) in [6.45, 7) is 0.305. The smallest absolute Gasteiger partial charge is 0.242 e. The molecule has 3 rings (SSSR count). The van der Waals surface area contributed by atoms with Crippen LogP contribution < -0.4 is 10.5 Å². The Balaban J connectivity index is 2.01. The molecule has 21 heavy (non-hydrogen) atoms. The maximum Gasteiger partial charge on any atom is 0.242 e. The second-order valence-electron chi connectivity index (χ2n) is 4.42. The number of nitrogens with zero attached hydrogens (tertiary/aromatic N) is 1. The van der Waals surface area contributed by atoms with Crippen LogP contribution in [0, 0.1) is 0 Å². The van der Waals surface area contributed by atoms with Crippen LogP contribution >= 0.6 is 11.3 Å². The summed E-state index contributed by atoms with van der Waals surface area (Å²) in [6.07, 6.45) is 3.23. The predicted octanol–water partition coefficient (Wildman–Crippen LogP) is 1.56. The largest absolute Gasteiger partial charge is 0.347 e. The number of aromatic nitrogens is 2. The molecule has 1 aromatic carbocycles. The lowest BCUT2D eigenvalue weighted by molar-refractivity contribution is 0.580. The summed E-state index contributed by atoms with van der Waals surface area (Å²) in [6, 6.07) is 7.39. The van der Waals surface area contributed by atoms with Gasteiger partial charge in [0.1, 0.15) is 10.7 Å². The van der Waals surface area contributed by atoms with E-state index < -0.39 is 10.0 Å². The van der Waals surface area contributed by atoms with Crippen LogP contribution in [0.25, 0.3) is 10.1 Å². The number of imidazole rings is 1. The lowest BCUT2D eigenvalue weighted by atomic mass is 10.2. The van der Waals surface area contributed by atoms with E-state index in [1.165, 1.54) is 11.3 Å². The van der Waals surface area contributed by atoms with Gasteiger partial charge in [-0.1, -0.05) is 18.2 Å². The number of H-pyrrole nitrogens is 1. The minimum atomic E-state index is -3.64. The fraction of sp³-hybridized carbons (Fsp3) is 0.154. The normalized spacial score (nSPS) is 12.0. The minimum Gasteiger partial charge on any atom is -0.347 e. The summed E-state index contributed by atoms with van der Waals surface area (Å²) < 4.78 is 28.6. The summed E-state index contributed by atoms with van der Waals surface area (Å²) >= 11 is 1.41. The zero-order valence-electron chi connectivity index (χ0n) is 11.0. The SMILES string of the molecule is NCc1sc2ccccc2c1S(=O)(=O)NCc1ncc[nH]1. The van der Waals surface area contributed by atoms with Crippen molar-refractivity contribution in [2.75, 3.05) is 0 Å². The molecule has 0 amide bonds. The molecule has 4 N–H and O–H groups in total. The molecule has 0 saturated carbocycles. The molecule has 0 saturated heterocycles. The molecule has 0 atom stereocenters. The first kappa shape index (κ1) is 14.2. The van der Waals surface area contributed by atoms with Crippen molar-refractivity contribution in [3.8, 4) is 0 Å². The fourth-order valence-corrected chi connectivity index (χ4v) is 4.95. The highest BCUT2D eigenvalue weighted by Gasteiger charge is 2.23. The van der Waals surface area contributed by atoms with Crippen molar-refractivity contribution in [1.29, 1.82) is 0 Å². The third-order valence-electron chi connectivity index (χ3n) is 3.06. The number of thiophene rings is 1. The van der Waals surface area contributed by atoms with Crippen LogP contribution in [0.2, 0.25) is 0 Å². The van der Waals surface area contributed by atoms with E-state index in [2.05, 4.69) is 14.7 Å². The molecule has 8 heteroatoms. The van der Waals surface area contributed by atoms with Crippen LogP contribution in [-0.4, -0.2) is 18.4 Å². The average Bonchev–Trinajstić information content (AvgIpc) is 3.12. The standard InChI is InChI=1S/C13H14N4O2S2/c14-7-11-13(9-3-1-2-4-10(9)20-11)21(18,19)17-8-12-15-5-6-16-12/h1-6,17H,7-8,14H2,(H,15,16). The number of nitrogens with one attached hydrogen (secondary N) is 2. The second kappa shape index (κ2) is 5.57. The number of benzene rings is 1. The van der Waals surface area contributed by atoms with Crippen molar-refractivity contribution in [3.05, 3.63) is 47.4 Å². The average molecular weight is 322 g/mol. The molecule has 0 aliphatic carbocycles. The number of sulfonamides is 1. The molecule has 0 aliphatic heterocycles. The summed E-state index contributed by atoms with van der Waals surface area (Å²) in [5.74, 6) is 0.562. The van der Waals surface area contributed by atoms with Gasteiger partial charge in [-0.05, 0) is 6.07 Å². The van der Waals surface area contributed by atoms with Gasteiger partial charge < -0.3 is 10.7 Å². The number of hydrogen-bond donors (Lipinski definition) is 3. The van der Waals surface area contributed by atoms with E-state index >= 15 is 0 Å². The Bertz CT molecular complexity index is 854. The summed E-state index contributed by atoms with van der Waals surface area (Å²) in [5, 5.41) is 0.704. The molecule has 6 nitrogen and oxygen atoms in total. The van der Waals surface area contributed by atoms with Gasteiger partial charge >= 0.3 is 0 Å². The third-order valence-corrected chi connectivity index (χ3v) is 5.91. The van der Waals surface area contributed by atoms with Gasteiger partial charge in [0.25, 0.3) is 0 Å². The first-order valence-corrected chi connectivity index (χ1v) is 8.60. The van der Waals surface area contributed by atoms with Gasteiger partial charge in [-0.25, -0.2) is 18.1 Å². The van der Waals surface area contributed by atoms with Crippen LogP contribution in [-0.2, 0) is 23.1 Å². The van der Waals surface area contributed by atoms with Crippen molar-refractivity contribution >= 4 is 31.4 Å². The predicted molar refractivity (Wildman–Crippen MR) is 82.3 cm³/mol. The Morgan fingerprint density at radius 3 is 2.86 bits per heavy atom.